The molecule has 0 aliphatic carbocycles. The molecule has 7 heteroatoms. The van der Waals surface area contributed by atoms with E-state index in [2.05, 4.69) is 0 Å². The zero-order chi connectivity index (χ0) is 22.7. The van der Waals surface area contributed by atoms with Crippen molar-refractivity contribution in [3.63, 3.8) is 0 Å². The number of nitrogens with one attached hydrogen (secondary N) is 1. The third-order valence-electron chi connectivity index (χ3n) is 6.41. The van der Waals surface area contributed by atoms with Crippen LogP contribution in [0, 0.1) is 11.3 Å². The smallest absolute Gasteiger partial charge is 0.270 e. The van der Waals surface area contributed by atoms with Crippen LogP contribution in [0.15, 0.2) is 48.5 Å². The van der Waals surface area contributed by atoms with Crippen molar-refractivity contribution >= 4 is 22.6 Å². The summed E-state index contributed by atoms with van der Waals surface area (Å²) >= 11 is 0. The Balaban J connectivity index is 1.69. The molecule has 0 atom stereocenters. The van der Waals surface area contributed by atoms with E-state index < -0.39 is 0 Å². The van der Waals surface area contributed by atoms with Crippen LogP contribution < -0.4 is 16.2 Å². The highest BCUT2D eigenvalue weighted by Crippen LogP contribution is 2.27. The number of ether oxygens (including phenoxy) is 1. The van der Waals surface area contributed by atoms with Gasteiger partial charge in [0.2, 0.25) is 0 Å². The molecule has 2 heterocycles. The lowest BCUT2D eigenvalue weighted by Crippen LogP contribution is -2.39. The molecular formula is C25H31N5O2. The fourth-order valence-electron chi connectivity index (χ4n) is 4.51. The van der Waals surface area contributed by atoms with Crippen molar-refractivity contribution in [1.29, 1.82) is 5.41 Å². The fraction of sp³-hybridized carbons (Fsp3) is 0.360. The standard InChI is InChI=1S/C25H31N5O2/c1-32-21-6-2-18(3-7-21)16-30-22-15-20(24(27)28)5-4-19(22)14-23(30)25(31)29-12-9-17(8-11-26)10-13-29/h2-7,14-15,17H,8-13,16,26H2,1H3,(H3,27,28). The number of nitrogens with two attached hydrogens (primary N) is 2. The summed E-state index contributed by atoms with van der Waals surface area (Å²) in [5.74, 6) is 1.46. The van der Waals surface area contributed by atoms with Crippen LogP contribution in [0.2, 0.25) is 0 Å². The maximum atomic E-state index is 13.6. The van der Waals surface area contributed by atoms with Crippen LogP contribution in [0.3, 0.4) is 0 Å². The Bertz CT molecular complexity index is 1110. The largest absolute Gasteiger partial charge is 0.497 e. The van der Waals surface area contributed by atoms with Crippen molar-refractivity contribution in [3.05, 3.63) is 65.4 Å². The van der Waals surface area contributed by atoms with Gasteiger partial charge in [-0.25, -0.2) is 0 Å². The number of amides is 1. The zero-order valence-corrected chi connectivity index (χ0v) is 18.5. The number of carbonyl (C=O) groups excluding carboxylic acids is 1. The van der Waals surface area contributed by atoms with Crippen molar-refractivity contribution in [2.24, 2.45) is 17.4 Å². The summed E-state index contributed by atoms with van der Waals surface area (Å²) in [7, 11) is 1.64. The monoisotopic (exact) mass is 433 g/mol. The van der Waals surface area contributed by atoms with Crippen LogP contribution in [0.4, 0.5) is 0 Å². The molecule has 32 heavy (non-hydrogen) atoms. The third kappa shape index (κ3) is 4.48. The number of hydrogen-bond acceptors (Lipinski definition) is 4. The van der Waals surface area contributed by atoms with E-state index in [1.165, 1.54) is 0 Å². The second-order valence-electron chi connectivity index (χ2n) is 8.46. The van der Waals surface area contributed by atoms with Gasteiger partial charge in [0.1, 0.15) is 17.3 Å². The van der Waals surface area contributed by atoms with E-state index in [0.717, 1.165) is 54.6 Å². The summed E-state index contributed by atoms with van der Waals surface area (Å²) in [5, 5.41) is 8.79. The Morgan fingerprint density at radius 2 is 1.84 bits per heavy atom. The predicted octanol–water partition coefficient (Wildman–Crippen LogP) is 3.18. The molecule has 1 aromatic heterocycles. The first-order valence-electron chi connectivity index (χ1n) is 11.1. The molecule has 0 spiro atoms. The number of amidine groups is 1. The van der Waals surface area contributed by atoms with Crippen LogP contribution in [0.25, 0.3) is 10.9 Å². The first kappa shape index (κ1) is 21.9. The molecule has 0 radical (unpaired) electrons. The Labute approximate surface area is 188 Å². The first-order valence-corrected chi connectivity index (χ1v) is 11.1. The number of nitrogen functional groups attached to an aromatic ring is 1. The third-order valence-corrected chi connectivity index (χ3v) is 6.41. The van der Waals surface area contributed by atoms with Crippen LogP contribution in [-0.2, 0) is 6.54 Å². The molecule has 4 rings (SSSR count). The molecule has 168 valence electrons. The van der Waals surface area contributed by atoms with E-state index in [-0.39, 0.29) is 11.7 Å². The number of likely N-dealkylation sites (tertiary alicyclic amines) is 1. The second-order valence-corrected chi connectivity index (χ2v) is 8.46. The van der Waals surface area contributed by atoms with Gasteiger partial charge in [-0.05, 0) is 61.6 Å². The molecule has 3 aromatic rings. The predicted molar refractivity (Wildman–Crippen MR) is 127 cm³/mol. The number of rotatable bonds is 7. The van der Waals surface area contributed by atoms with Gasteiger partial charge in [-0.2, -0.15) is 0 Å². The minimum atomic E-state index is 0.0129. The highest BCUT2D eigenvalue weighted by Gasteiger charge is 2.26. The van der Waals surface area contributed by atoms with Crippen LogP contribution >= 0.6 is 0 Å². The van der Waals surface area contributed by atoms with Gasteiger partial charge in [-0.1, -0.05) is 24.3 Å². The van der Waals surface area contributed by atoms with E-state index in [9.17, 15) is 4.79 Å². The maximum Gasteiger partial charge on any atom is 0.270 e. The average Bonchev–Trinajstić information content (AvgIpc) is 3.17. The molecule has 1 aliphatic heterocycles. The fourth-order valence-corrected chi connectivity index (χ4v) is 4.51. The Hall–Kier alpha value is -3.32. The number of carbonyl (C=O) groups is 1. The van der Waals surface area contributed by atoms with Crippen molar-refractivity contribution in [3.8, 4) is 5.75 Å². The summed E-state index contributed by atoms with van der Waals surface area (Å²) < 4.78 is 7.31. The summed E-state index contributed by atoms with van der Waals surface area (Å²) in [6, 6.07) is 15.5. The van der Waals surface area contributed by atoms with Gasteiger partial charge in [0.05, 0.1) is 7.11 Å². The number of aromatic nitrogens is 1. The summed E-state index contributed by atoms with van der Waals surface area (Å²) in [4.78, 5) is 15.5. The van der Waals surface area contributed by atoms with E-state index in [4.69, 9.17) is 21.6 Å². The van der Waals surface area contributed by atoms with Crippen LogP contribution in [-0.4, -0.2) is 48.0 Å². The molecule has 0 unspecified atom stereocenters. The topological polar surface area (TPSA) is 110 Å². The summed E-state index contributed by atoms with van der Waals surface area (Å²) in [6.07, 6.45) is 3.01. The van der Waals surface area contributed by atoms with Gasteiger partial charge < -0.3 is 25.7 Å². The van der Waals surface area contributed by atoms with E-state index in [1.807, 2.05) is 58.0 Å². The summed E-state index contributed by atoms with van der Waals surface area (Å²) in [6.45, 7) is 2.76. The SMILES string of the molecule is COc1ccc(Cn2c(C(=O)N3CCC(CCN)CC3)cc3ccc(C(=N)N)cc32)cc1. The number of piperidine rings is 1. The van der Waals surface area contributed by atoms with Crippen molar-refractivity contribution in [2.75, 3.05) is 26.7 Å². The van der Waals surface area contributed by atoms with Gasteiger partial charge in [0, 0.05) is 36.1 Å². The Morgan fingerprint density at radius 3 is 2.47 bits per heavy atom. The zero-order valence-electron chi connectivity index (χ0n) is 18.5. The van der Waals surface area contributed by atoms with Gasteiger partial charge >= 0.3 is 0 Å². The molecule has 1 amide bonds. The van der Waals surface area contributed by atoms with E-state index in [0.29, 0.717) is 30.3 Å². The lowest BCUT2D eigenvalue weighted by Gasteiger charge is -2.32. The van der Waals surface area contributed by atoms with Gasteiger partial charge in [0.15, 0.2) is 0 Å². The minimum Gasteiger partial charge on any atom is -0.497 e. The molecule has 1 aliphatic rings. The average molecular weight is 434 g/mol. The lowest BCUT2D eigenvalue weighted by atomic mass is 9.93. The Kier molecular flexibility index (Phi) is 6.46. The van der Waals surface area contributed by atoms with Gasteiger partial charge in [0.25, 0.3) is 5.91 Å². The van der Waals surface area contributed by atoms with E-state index >= 15 is 0 Å². The molecule has 2 aromatic carbocycles. The number of hydrogen-bond donors (Lipinski definition) is 3. The maximum absolute atomic E-state index is 13.6. The second kappa shape index (κ2) is 9.44. The molecule has 0 bridgehead atoms. The number of nitrogens with zero attached hydrogens (tertiary/aromatic N) is 2. The van der Waals surface area contributed by atoms with Gasteiger partial charge in [-0.3, -0.25) is 10.2 Å². The molecule has 7 nitrogen and oxygen atoms in total. The molecule has 1 saturated heterocycles. The van der Waals surface area contributed by atoms with Crippen molar-refractivity contribution in [1.82, 2.24) is 9.47 Å². The molecular weight excluding hydrogens is 402 g/mol. The van der Waals surface area contributed by atoms with Crippen LogP contribution in [0.1, 0.15) is 40.9 Å². The van der Waals surface area contributed by atoms with Gasteiger partial charge in [-0.15, -0.1) is 0 Å². The molecule has 5 N–H and O–H groups in total. The quantitative estimate of drug-likeness (QED) is 0.392. The van der Waals surface area contributed by atoms with Crippen LogP contribution in [0.5, 0.6) is 5.75 Å². The lowest BCUT2D eigenvalue weighted by molar-refractivity contribution is 0.0678. The first-order chi connectivity index (χ1) is 15.5. The minimum absolute atomic E-state index is 0.0129. The number of fused-ring (bicyclic) bond motifs is 1. The van der Waals surface area contributed by atoms with E-state index in [1.54, 1.807) is 7.11 Å². The molecule has 0 saturated carbocycles. The van der Waals surface area contributed by atoms with Crippen molar-refractivity contribution < 1.29 is 9.53 Å². The summed E-state index contributed by atoms with van der Waals surface area (Å²) in [5.41, 5.74) is 14.7. The normalized spacial score (nSPS) is 14.6. The highest BCUT2D eigenvalue weighted by atomic mass is 16.5. The van der Waals surface area contributed by atoms with Crippen molar-refractivity contribution in [2.45, 2.75) is 25.8 Å². The number of benzene rings is 2. The number of methoxy groups -OCH3 is 1. The highest BCUT2D eigenvalue weighted by molar-refractivity contribution is 6.02. The Morgan fingerprint density at radius 1 is 1.12 bits per heavy atom. The molecule has 1 fully saturated rings.